The van der Waals surface area contributed by atoms with E-state index in [0.717, 1.165) is 12.0 Å². The Morgan fingerprint density at radius 2 is 1.95 bits per heavy atom. The fourth-order valence-corrected chi connectivity index (χ4v) is 3.12. The lowest BCUT2D eigenvalue weighted by Gasteiger charge is -2.20. The van der Waals surface area contributed by atoms with Crippen molar-refractivity contribution in [1.29, 1.82) is 0 Å². The van der Waals surface area contributed by atoms with E-state index in [2.05, 4.69) is 6.92 Å². The third-order valence-corrected chi connectivity index (χ3v) is 5.06. The van der Waals surface area contributed by atoms with Gasteiger partial charge in [0.15, 0.2) is 0 Å². The van der Waals surface area contributed by atoms with Crippen molar-refractivity contribution in [3.63, 3.8) is 0 Å². The maximum absolute atomic E-state index is 12.2. The van der Waals surface area contributed by atoms with Crippen molar-refractivity contribution in [2.24, 2.45) is 5.92 Å². The second kappa shape index (κ2) is 7.03. The van der Waals surface area contributed by atoms with Gasteiger partial charge in [0.25, 0.3) is 0 Å². The quantitative estimate of drug-likeness (QED) is 0.833. The summed E-state index contributed by atoms with van der Waals surface area (Å²) in [5, 5.41) is 9.06. The van der Waals surface area contributed by atoms with Crippen LogP contribution in [0, 0.1) is 5.92 Å². The number of nitrogens with zero attached hydrogens (tertiary/aromatic N) is 1. The topological polar surface area (TPSA) is 57.6 Å². The SMILES string of the molecule is CCC(C)CN(C)S(=O)(=O)Cc1cccc(CO)c1. The molecule has 0 fully saturated rings. The molecule has 1 unspecified atom stereocenters. The van der Waals surface area contributed by atoms with E-state index < -0.39 is 10.0 Å². The summed E-state index contributed by atoms with van der Waals surface area (Å²) in [4.78, 5) is 0. The van der Waals surface area contributed by atoms with E-state index in [1.54, 1.807) is 31.3 Å². The number of aliphatic hydroxyl groups is 1. The molecule has 1 N–H and O–H groups in total. The average Bonchev–Trinajstić information content (AvgIpc) is 2.38. The van der Waals surface area contributed by atoms with Crippen LogP contribution < -0.4 is 0 Å². The predicted molar refractivity (Wildman–Crippen MR) is 77.1 cm³/mol. The van der Waals surface area contributed by atoms with Crippen LogP contribution in [0.25, 0.3) is 0 Å². The molecule has 0 spiro atoms. The molecule has 5 heteroatoms. The van der Waals surface area contributed by atoms with Crippen LogP contribution >= 0.6 is 0 Å². The van der Waals surface area contributed by atoms with E-state index in [1.165, 1.54) is 4.31 Å². The first-order valence-electron chi connectivity index (χ1n) is 6.51. The van der Waals surface area contributed by atoms with Gasteiger partial charge in [-0.15, -0.1) is 0 Å². The Kier molecular flexibility index (Phi) is 5.97. The van der Waals surface area contributed by atoms with Gasteiger partial charge < -0.3 is 5.11 Å². The third-order valence-electron chi connectivity index (χ3n) is 3.26. The van der Waals surface area contributed by atoms with Gasteiger partial charge in [-0.2, -0.15) is 0 Å². The van der Waals surface area contributed by atoms with Gasteiger partial charge in [-0.05, 0) is 17.0 Å². The van der Waals surface area contributed by atoms with Gasteiger partial charge in [0.05, 0.1) is 12.4 Å². The molecule has 0 amide bonds. The van der Waals surface area contributed by atoms with Crippen LogP contribution in [0.5, 0.6) is 0 Å². The van der Waals surface area contributed by atoms with Gasteiger partial charge in [0.1, 0.15) is 0 Å². The number of hydrogen-bond acceptors (Lipinski definition) is 3. The van der Waals surface area contributed by atoms with Crippen LogP contribution in [0.3, 0.4) is 0 Å². The molecule has 4 nitrogen and oxygen atoms in total. The maximum atomic E-state index is 12.2. The Morgan fingerprint density at radius 3 is 2.53 bits per heavy atom. The summed E-state index contributed by atoms with van der Waals surface area (Å²) >= 11 is 0. The standard InChI is InChI=1S/C14H23NO3S/c1-4-12(2)9-15(3)19(17,18)11-14-7-5-6-13(8-14)10-16/h5-8,12,16H,4,9-11H2,1-3H3. The van der Waals surface area contributed by atoms with Crippen molar-refractivity contribution in [2.45, 2.75) is 32.6 Å². The molecule has 0 bridgehead atoms. The number of benzene rings is 1. The van der Waals surface area contributed by atoms with E-state index >= 15 is 0 Å². The summed E-state index contributed by atoms with van der Waals surface area (Å²) in [5.74, 6) is 0.330. The fraction of sp³-hybridized carbons (Fsp3) is 0.571. The van der Waals surface area contributed by atoms with E-state index in [0.29, 0.717) is 18.0 Å². The molecule has 19 heavy (non-hydrogen) atoms. The first-order valence-corrected chi connectivity index (χ1v) is 8.12. The van der Waals surface area contributed by atoms with Crippen LogP contribution in [-0.2, 0) is 22.4 Å². The van der Waals surface area contributed by atoms with Crippen LogP contribution in [0.2, 0.25) is 0 Å². The lowest BCUT2D eigenvalue weighted by atomic mass is 10.1. The molecule has 0 aliphatic rings. The maximum Gasteiger partial charge on any atom is 0.218 e. The van der Waals surface area contributed by atoms with Gasteiger partial charge >= 0.3 is 0 Å². The number of sulfonamides is 1. The first-order chi connectivity index (χ1) is 8.89. The Labute approximate surface area is 116 Å². The Hall–Kier alpha value is -0.910. The highest BCUT2D eigenvalue weighted by Gasteiger charge is 2.20. The number of aliphatic hydroxyl groups excluding tert-OH is 1. The van der Waals surface area contributed by atoms with Crippen molar-refractivity contribution < 1.29 is 13.5 Å². The Morgan fingerprint density at radius 1 is 1.32 bits per heavy atom. The van der Waals surface area contributed by atoms with E-state index in [1.807, 2.05) is 6.92 Å². The van der Waals surface area contributed by atoms with E-state index in [9.17, 15) is 8.42 Å². The van der Waals surface area contributed by atoms with Gasteiger partial charge in [-0.3, -0.25) is 0 Å². The molecular weight excluding hydrogens is 262 g/mol. The molecule has 0 heterocycles. The molecule has 1 rings (SSSR count). The second-order valence-electron chi connectivity index (χ2n) is 5.03. The monoisotopic (exact) mass is 285 g/mol. The van der Waals surface area contributed by atoms with Crippen molar-refractivity contribution >= 4 is 10.0 Å². The zero-order valence-corrected chi connectivity index (χ0v) is 12.7. The van der Waals surface area contributed by atoms with Gasteiger partial charge in [0, 0.05) is 13.6 Å². The Bertz CT molecular complexity index is 499. The fourth-order valence-electron chi connectivity index (χ4n) is 1.82. The largest absolute Gasteiger partial charge is 0.392 e. The zero-order chi connectivity index (χ0) is 14.5. The predicted octanol–water partition coefficient (Wildman–Crippen LogP) is 1.99. The van der Waals surface area contributed by atoms with Gasteiger partial charge in [-0.1, -0.05) is 44.5 Å². The highest BCUT2D eigenvalue weighted by molar-refractivity contribution is 7.88. The summed E-state index contributed by atoms with van der Waals surface area (Å²) in [6.45, 7) is 4.56. The van der Waals surface area contributed by atoms with Crippen molar-refractivity contribution in [3.05, 3.63) is 35.4 Å². The highest BCUT2D eigenvalue weighted by atomic mass is 32.2. The van der Waals surface area contributed by atoms with Gasteiger partial charge in [-0.25, -0.2) is 12.7 Å². The molecule has 0 aromatic heterocycles. The third kappa shape index (κ3) is 4.93. The van der Waals surface area contributed by atoms with E-state index in [-0.39, 0.29) is 12.4 Å². The van der Waals surface area contributed by atoms with Crippen LogP contribution in [0.4, 0.5) is 0 Å². The zero-order valence-electron chi connectivity index (χ0n) is 11.8. The minimum Gasteiger partial charge on any atom is -0.392 e. The van der Waals surface area contributed by atoms with Crippen molar-refractivity contribution in [3.8, 4) is 0 Å². The summed E-state index contributed by atoms with van der Waals surface area (Å²) < 4.78 is 25.9. The molecule has 1 aromatic carbocycles. The number of hydrogen-bond donors (Lipinski definition) is 1. The van der Waals surface area contributed by atoms with Crippen molar-refractivity contribution in [2.75, 3.05) is 13.6 Å². The van der Waals surface area contributed by atoms with Gasteiger partial charge in [0.2, 0.25) is 10.0 Å². The number of rotatable bonds is 7. The summed E-state index contributed by atoms with van der Waals surface area (Å²) in [5.41, 5.74) is 1.44. The van der Waals surface area contributed by atoms with Crippen molar-refractivity contribution in [1.82, 2.24) is 4.31 Å². The minimum atomic E-state index is -3.29. The summed E-state index contributed by atoms with van der Waals surface area (Å²) in [7, 11) is -1.67. The molecule has 0 aliphatic heterocycles. The lowest BCUT2D eigenvalue weighted by Crippen LogP contribution is -2.32. The molecule has 0 saturated heterocycles. The summed E-state index contributed by atoms with van der Waals surface area (Å²) in [6.07, 6.45) is 0.958. The Balaban J connectivity index is 2.78. The summed E-state index contributed by atoms with van der Waals surface area (Å²) in [6, 6.07) is 7.05. The lowest BCUT2D eigenvalue weighted by molar-refractivity contribution is 0.281. The smallest absolute Gasteiger partial charge is 0.218 e. The molecular formula is C14H23NO3S. The molecule has 108 valence electrons. The molecule has 0 saturated carbocycles. The van der Waals surface area contributed by atoms with E-state index in [4.69, 9.17) is 5.11 Å². The molecule has 1 aromatic rings. The molecule has 0 radical (unpaired) electrons. The normalized spacial score (nSPS) is 13.7. The van der Waals surface area contributed by atoms with Crippen LogP contribution in [0.15, 0.2) is 24.3 Å². The van der Waals surface area contributed by atoms with Crippen LogP contribution in [-0.4, -0.2) is 31.4 Å². The second-order valence-corrected chi connectivity index (χ2v) is 7.10. The molecule has 1 atom stereocenters. The van der Waals surface area contributed by atoms with Crippen LogP contribution in [0.1, 0.15) is 31.4 Å². The molecule has 0 aliphatic carbocycles. The highest BCUT2D eigenvalue weighted by Crippen LogP contribution is 2.14. The average molecular weight is 285 g/mol. The minimum absolute atomic E-state index is 0.0201. The first kappa shape index (κ1) is 16.1.